The van der Waals surface area contributed by atoms with Crippen molar-refractivity contribution in [3.05, 3.63) is 0 Å². The van der Waals surface area contributed by atoms with Crippen molar-refractivity contribution in [3.8, 4) is 0 Å². The third-order valence-corrected chi connectivity index (χ3v) is 3.07. The fourth-order valence-corrected chi connectivity index (χ4v) is 2.02. The Bertz CT molecular complexity index is 352. The van der Waals surface area contributed by atoms with Gasteiger partial charge in [0.2, 0.25) is 9.76 Å². The van der Waals surface area contributed by atoms with Crippen LogP contribution in [0.25, 0.3) is 0 Å². The Labute approximate surface area is 118 Å². The predicted octanol–water partition coefficient (Wildman–Crippen LogP) is -1.61. The zero-order chi connectivity index (χ0) is 15.7. The fourth-order valence-electron chi connectivity index (χ4n) is 1.52. The summed E-state index contributed by atoms with van der Waals surface area (Å²) >= 11 is 0. The molecule has 0 aromatic carbocycles. The molecule has 20 heavy (non-hydrogen) atoms. The van der Waals surface area contributed by atoms with Crippen LogP contribution in [0, 0.1) is 0 Å². The number of hydrogen-bond acceptors (Lipinski definition) is 7. The normalized spacial score (nSPS) is 20.2. The van der Waals surface area contributed by atoms with Crippen LogP contribution in [0.5, 0.6) is 0 Å². The van der Waals surface area contributed by atoms with E-state index in [1.165, 1.54) is 0 Å². The van der Waals surface area contributed by atoms with E-state index >= 15 is 0 Å². The first kappa shape index (κ1) is 18.5. The Kier molecular flexibility index (Phi) is 8.71. The number of nitrogens with two attached hydrogens (primary N) is 1. The highest BCUT2D eigenvalue weighted by molar-refractivity contribution is 6.28. The third kappa shape index (κ3) is 7.18. The van der Waals surface area contributed by atoms with Gasteiger partial charge in [0, 0.05) is 6.54 Å². The topological polar surface area (TPSA) is 150 Å². The van der Waals surface area contributed by atoms with Crippen molar-refractivity contribution < 1.29 is 34.2 Å². The Balaban J connectivity index is 0.000000367. The number of hydrogen-bond donors (Lipinski definition) is 4. The highest BCUT2D eigenvalue weighted by Gasteiger charge is 2.28. The van der Waals surface area contributed by atoms with Crippen molar-refractivity contribution in [3.63, 3.8) is 0 Å². The smallest absolute Gasteiger partial charge is 0.323 e. The van der Waals surface area contributed by atoms with E-state index in [1.54, 1.807) is 6.55 Å². The van der Waals surface area contributed by atoms with Crippen LogP contribution in [0.3, 0.4) is 0 Å². The molecule has 2 atom stereocenters. The number of nitrogens with zero attached hydrogens (tertiary/aromatic N) is 1. The summed E-state index contributed by atoms with van der Waals surface area (Å²) in [6.45, 7) is 2.25. The van der Waals surface area contributed by atoms with Gasteiger partial charge in [-0.25, -0.2) is 0 Å². The van der Waals surface area contributed by atoms with E-state index in [4.69, 9.17) is 21.2 Å². The molecule has 2 unspecified atom stereocenters. The minimum Gasteiger partial charge on any atom is -0.524 e. The van der Waals surface area contributed by atoms with Crippen molar-refractivity contribution in [2.75, 3.05) is 6.54 Å². The first-order valence-corrected chi connectivity index (χ1v) is 8.11. The van der Waals surface area contributed by atoms with Crippen LogP contribution in [0.4, 0.5) is 0 Å². The largest absolute Gasteiger partial charge is 0.524 e. The van der Waals surface area contributed by atoms with Gasteiger partial charge >= 0.3 is 17.9 Å². The molecule has 1 heterocycles. The molecule has 9 nitrogen and oxygen atoms in total. The Morgan fingerprint density at radius 3 is 2.35 bits per heavy atom. The number of hydroxylamine groups is 2. The fraction of sp³-hybridized carbons (Fsp3) is 0.700. The molecule has 0 aromatic heterocycles. The minimum absolute atomic E-state index is 0.368. The summed E-state index contributed by atoms with van der Waals surface area (Å²) in [4.78, 5) is 31.0. The van der Waals surface area contributed by atoms with Gasteiger partial charge in [-0.05, 0) is 19.4 Å². The zero-order valence-electron chi connectivity index (χ0n) is 11.2. The molecular formula is C10H20N2O7Si. The average molecular weight is 308 g/mol. The van der Waals surface area contributed by atoms with Gasteiger partial charge in [0.15, 0.2) is 0 Å². The maximum atomic E-state index is 10.7. The number of aliphatic carboxylic acids is 2. The second-order valence-corrected chi connectivity index (χ2v) is 4.98. The standard InChI is InChI=1S/C5H11NO4Si.C5H9NO3/c1-11-10-5(9)3(6)2-4(7)8;7-5(8)4-2-1-3-6(4)9/h3H,2,6,11H2,1H3,(H,7,8);4,9H,1-3H2,(H,7,8). The lowest BCUT2D eigenvalue weighted by Gasteiger charge is -2.11. The lowest BCUT2D eigenvalue weighted by molar-refractivity contribution is -0.161. The summed E-state index contributed by atoms with van der Waals surface area (Å²) in [5, 5.41) is 26.3. The van der Waals surface area contributed by atoms with E-state index in [-0.39, 0.29) is 6.42 Å². The monoisotopic (exact) mass is 308 g/mol. The summed E-state index contributed by atoms with van der Waals surface area (Å²) in [6, 6.07) is -1.68. The Morgan fingerprint density at radius 1 is 1.45 bits per heavy atom. The number of carbonyl (C=O) groups is 3. The maximum Gasteiger partial charge on any atom is 0.323 e. The molecule has 0 aromatic rings. The molecule has 1 rings (SSSR count). The van der Waals surface area contributed by atoms with Crippen LogP contribution >= 0.6 is 0 Å². The van der Waals surface area contributed by atoms with Crippen LogP contribution in [0.2, 0.25) is 6.55 Å². The summed E-state index contributed by atoms with van der Waals surface area (Å²) in [5.74, 6) is -2.64. The van der Waals surface area contributed by atoms with Crippen LogP contribution < -0.4 is 5.73 Å². The van der Waals surface area contributed by atoms with Crippen molar-refractivity contribution in [1.82, 2.24) is 5.06 Å². The van der Waals surface area contributed by atoms with Crippen LogP contribution in [0.1, 0.15) is 19.3 Å². The summed E-state index contributed by atoms with van der Waals surface area (Å²) in [6.07, 6.45) is 0.965. The van der Waals surface area contributed by atoms with E-state index in [0.717, 1.165) is 11.5 Å². The molecular weight excluding hydrogens is 288 g/mol. The van der Waals surface area contributed by atoms with E-state index in [1.807, 2.05) is 0 Å². The molecule has 1 aliphatic rings. The SMILES string of the molecule is C[SiH2]OC(=O)C(N)CC(=O)O.O=C(O)C1CCCN1O. The molecule has 10 heteroatoms. The molecule has 0 radical (unpaired) electrons. The average Bonchev–Trinajstić information content (AvgIpc) is 2.76. The lowest BCUT2D eigenvalue weighted by Crippen LogP contribution is -2.34. The molecule has 0 amide bonds. The number of rotatable bonds is 5. The minimum atomic E-state index is -1.09. The first-order chi connectivity index (χ1) is 9.29. The Hall–Kier alpha value is -1.49. The van der Waals surface area contributed by atoms with E-state index in [9.17, 15) is 14.4 Å². The van der Waals surface area contributed by atoms with Gasteiger partial charge < -0.3 is 25.6 Å². The maximum absolute atomic E-state index is 10.7. The molecule has 1 aliphatic heterocycles. The van der Waals surface area contributed by atoms with Gasteiger partial charge in [0.1, 0.15) is 12.1 Å². The number of carboxylic acids is 2. The molecule has 0 aliphatic carbocycles. The molecule has 1 fully saturated rings. The van der Waals surface area contributed by atoms with E-state index < -0.39 is 39.8 Å². The summed E-state index contributed by atoms with van der Waals surface area (Å²) in [7, 11) is -0.833. The van der Waals surface area contributed by atoms with Crippen LogP contribution in [0.15, 0.2) is 0 Å². The van der Waals surface area contributed by atoms with Gasteiger partial charge in [-0.3, -0.25) is 14.4 Å². The van der Waals surface area contributed by atoms with E-state index in [0.29, 0.717) is 13.0 Å². The second kappa shape index (κ2) is 9.42. The van der Waals surface area contributed by atoms with Crippen molar-refractivity contribution in [1.29, 1.82) is 0 Å². The summed E-state index contributed by atoms with van der Waals surface area (Å²) < 4.78 is 4.62. The molecule has 1 saturated heterocycles. The van der Waals surface area contributed by atoms with Crippen molar-refractivity contribution in [2.45, 2.75) is 37.9 Å². The van der Waals surface area contributed by atoms with Crippen molar-refractivity contribution >= 4 is 27.7 Å². The number of carboxylic acid groups (broad SMARTS) is 2. The zero-order valence-corrected chi connectivity index (χ0v) is 12.6. The van der Waals surface area contributed by atoms with Crippen LogP contribution in [-0.2, 0) is 18.8 Å². The molecule has 0 bridgehead atoms. The molecule has 116 valence electrons. The van der Waals surface area contributed by atoms with Crippen LogP contribution in [-0.4, -0.2) is 66.8 Å². The van der Waals surface area contributed by atoms with Gasteiger partial charge in [-0.15, -0.1) is 0 Å². The van der Waals surface area contributed by atoms with Crippen molar-refractivity contribution in [2.24, 2.45) is 5.73 Å². The lowest BCUT2D eigenvalue weighted by atomic mass is 10.2. The number of carbonyl (C=O) groups excluding carboxylic acids is 1. The highest BCUT2D eigenvalue weighted by Crippen LogP contribution is 2.13. The van der Waals surface area contributed by atoms with Gasteiger partial charge in [0.25, 0.3) is 0 Å². The quantitative estimate of drug-likeness (QED) is 0.439. The third-order valence-electron chi connectivity index (χ3n) is 2.49. The second-order valence-electron chi connectivity index (χ2n) is 4.12. The molecule has 0 spiro atoms. The predicted molar refractivity (Wildman–Crippen MR) is 69.9 cm³/mol. The Morgan fingerprint density at radius 2 is 2.05 bits per heavy atom. The van der Waals surface area contributed by atoms with Gasteiger partial charge in [0.05, 0.1) is 6.42 Å². The molecule has 0 saturated carbocycles. The van der Waals surface area contributed by atoms with Gasteiger partial charge in [-0.1, -0.05) is 0 Å². The first-order valence-electron chi connectivity index (χ1n) is 6.11. The summed E-state index contributed by atoms with van der Waals surface area (Å²) in [5.41, 5.74) is 5.17. The molecule has 5 N–H and O–H groups in total. The highest BCUT2D eigenvalue weighted by atomic mass is 28.2. The van der Waals surface area contributed by atoms with Gasteiger partial charge in [-0.2, -0.15) is 5.06 Å². The van der Waals surface area contributed by atoms with E-state index in [2.05, 4.69) is 4.43 Å².